The third-order valence-electron chi connectivity index (χ3n) is 4.14. The Bertz CT molecular complexity index is 1080. The quantitative estimate of drug-likeness (QED) is 0.437. The van der Waals surface area contributed by atoms with Gasteiger partial charge in [-0.3, -0.25) is 9.59 Å². The number of esters is 1. The minimum Gasteiger partial charge on any atom is -0.465 e. The van der Waals surface area contributed by atoms with Gasteiger partial charge in [-0.1, -0.05) is 0 Å². The van der Waals surface area contributed by atoms with Gasteiger partial charge in [0, 0.05) is 28.9 Å². The number of hydrogen-bond donors (Lipinski definition) is 1. The molecular formula is C18H13N3O4S. The van der Waals surface area contributed by atoms with Crippen molar-refractivity contribution in [2.45, 2.75) is 6.42 Å². The van der Waals surface area contributed by atoms with E-state index in [-0.39, 0.29) is 22.9 Å². The average molecular weight is 367 g/mol. The third kappa shape index (κ3) is 2.51. The molecule has 1 N–H and O–H groups in total. The summed E-state index contributed by atoms with van der Waals surface area (Å²) in [7, 11) is 1.26. The molecule has 1 fully saturated rings. The maximum absolute atomic E-state index is 12.8. The number of pyridine rings is 1. The zero-order valence-corrected chi connectivity index (χ0v) is 14.5. The largest absolute Gasteiger partial charge is 0.465 e. The number of rotatable bonds is 3. The summed E-state index contributed by atoms with van der Waals surface area (Å²) in [6, 6.07) is 5.27. The Kier molecular flexibility index (Phi) is 3.89. The van der Waals surface area contributed by atoms with Gasteiger partial charge < -0.3 is 9.72 Å². The van der Waals surface area contributed by atoms with Crippen molar-refractivity contribution in [1.29, 1.82) is 0 Å². The molecule has 4 rings (SSSR count). The molecule has 3 aromatic rings. The van der Waals surface area contributed by atoms with E-state index in [0.717, 1.165) is 27.2 Å². The van der Waals surface area contributed by atoms with Crippen LogP contribution in [-0.2, 0) is 14.3 Å². The third-order valence-corrected chi connectivity index (χ3v) is 5.02. The van der Waals surface area contributed by atoms with Crippen molar-refractivity contribution >= 4 is 51.9 Å². The minimum atomic E-state index is -0.573. The number of aromatic amines is 1. The fourth-order valence-corrected chi connectivity index (χ4v) is 3.73. The van der Waals surface area contributed by atoms with Crippen molar-refractivity contribution in [1.82, 2.24) is 9.97 Å². The lowest BCUT2D eigenvalue weighted by Gasteiger charge is -2.13. The molecule has 8 heteroatoms. The smallest absolute Gasteiger partial charge is 0.350 e. The molecule has 0 atom stereocenters. The van der Waals surface area contributed by atoms with Crippen molar-refractivity contribution in [3.8, 4) is 0 Å². The predicted octanol–water partition coefficient (Wildman–Crippen LogP) is 2.76. The van der Waals surface area contributed by atoms with Crippen LogP contribution >= 0.6 is 11.3 Å². The van der Waals surface area contributed by atoms with Crippen LogP contribution in [0.15, 0.2) is 41.5 Å². The van der Waals surface area contributed by atoms with E-state index in [4.69, 9.17) is 4.74 Å². The topological polar surface area (TPSA) is 92.4 Å². The Morgan fingerprint density at radius 1 is 1.38 bits per heavy atom. The molecule has 1 aliphatic rings. The summed E-state index contributed by atoms with van der Waals surface area (Å²) >= 11 is 1.13. The number of anilines is 1. The van der Waals surface area contributed by atoms with Crippen LogP contribution in [-0.4, -0.2) is 34.9 Å². The molecule has 26 heavy (non-hydrogen) atoms. The van der Waals surface area contributed by atoms with Crippen molar-refractivity contribution in [2.24, 2.45) is 0 Å². The molecule has 1 saturated heterocycles. The molecule has 7 nitrogen and oxygen atoms in total. The number of fused-ring (bicyclic) bond motifs is 1. The molecule has 4 heterocycles. The summed E-state index contributed by atoms with van der Waals surface area (Å²) in [4.78, 5) is 45.6. The van der Waals surface area contributed by atoms with Crippen LogP contribution < -0.4 is 4.90 Å². The predicted molar refractivity (Wildman–Crippen MR) is 96.8 cm³/mol. The lowest BCUT2D eigenvalue weighted by molar-refractivity contribution is -0.120. The maximum atomic E-state index is 12.8. The average Bonchev–Trinajstić information content (AvgIpc) is 3.34. The first-order chi connectivity index (χ1) is 12.6. The van der Waals surface area contributed by atoms with Gasteiger partial charge in [0.1, 0.15) is 10.5 Å². The summed E-state index contributed by atoms with van der Waals surface area (Å²) in [6.07, 6.45) is 5.08. The van der Waals surface area contributed by atoms with E-state index in [1.807, 2.05) is 6.07 Å². The van der Waals surface area contributed by atoms with Crippen molar-refractivity contribution < 1.29 is 19.1 Å². The van der Waals surface area contributed by atoms with Gasteiger partial charge in [0.15, 0.2) is 0 Å². The normalized spacial score (nSPS) is 16.0. The fraction of sp³-hybridized carbons (Fsp3) is 0.111. The molecule has 0 aliphatic carbocycles. The van der Waals surface area contributed by atoms with Gasteiger partial charge in [0.2, 0.25) is 5.91 Å². The first-order valence-corrected chi connectivity index (χ1v) is 8.64. The molecule has 0 spiro atoms. The van der Waals surface area contributed by atoms with E-state index in [0.29, 0.717) is 11.2 Å². The number of amides is 2. The van der Waals surface area contributed by atoms with Crippen LogP contribution in [0.3, 0.4) is 0 Å². The van der Waals surface area contributed by atoms with Crippen LogP contribution in [0.2, 0.25) is 0 Å². The number of nitrogens with one attached hydrogen (secondary N) is 1. The molecule has 1 aliphatic heterocycles. The number of carbonyl (C=O) groups is 3. The summed E-state index contributed by atoms with van der Waals surface area (Å²) in [5.41, 5.74) is 2.12. The van der Waals surface area contributed by atoms with E-state index in [1.54, 1.807) is 36.0 Å². The summed E-state index contributed by atoms with van der Waals surface area (Å²) in [5, 5.41) is 2.51. The Labute approximate surface area is 151 Å². The second-order valence-electron chi connectivity index (χ2n) is 5.65. The standard InChI is InChI=1S/C18H13N3O4S/c1-25-18(24)15-13(4-6-26-15)21-14(22)8-10(17(21)23)7-11-9-20-16-12(11)3-2-5-19-16/h2-7,9H,8H2,1H3,(H,19,20). The number of aromatic nitrogens is 2. The monoisotopic (exact) mass is 367 g/mol. The van der Waals surface area contributed by atoms with Crippen molar-refractivity contribution in [2.75, 3.05) is 12.0 Å². The van der Waals surface area contributed by atoms with E-state index in [1.165, 1.54) is 7.11 Å². The number of imide groups is 1. The number of methoxy groups -OCH3 is 1. The second kappa shape index (κ2) is 6.23. The molecule has 3 aromatic heterocycles. The van der Waals surface area contributed by atoms with Crippen molar-refractivity contribution in [3.63, 3.8) is 0 Å². The van der Waals surface area contributed by atoms with Crippen LogP contribution in [0, 0.1) is 0 Å². The molecular weight excluding hydrogens is 354 g/mol. The van der Waals surface area contributed by atoms with Gasteiger partial charge in [-0.25, -0.2) is 14.7 Å². The van der Waals surface area contributed by atoms with E-state index in [9.17, 15) is 14.4 Å². The summed E-state index contributed by atoms with van der Waals surface area (Å²) in [5.74, 6) is -1.38. The Balaban J connectivity index is 1.72. The number of nitrogens with zero attached hydrogens (tertiary/aromatic N) is 2. The highest BCUT2D eigenvalue weighted by Gasteiger charge is 2.37. The highest BCUT2D eigenvalue weighted by atomic mass is 32.1. The van der Waals surface area contributed by atoms with Gasteiger partial charge in [-0.05, 0) is 29.7 Å². The van der Waals surface area contributed by atoms with Gasteiger partial charge in [0.25, 0.3) is 5.91 Å². The van der Waals surface area contributed by atoms with E-state index < -0.39 is 11.9 Å². The summed E-state index contributed by atoms with van der Waals surface area (Å²) in [6.45, 7) is 0. The minimum absolute atomic E-state index is 0.0256. The highest BCUT2D eigenvalue weighted by Crippen LogP contribution is 2.34. The number of H-pyrrole nitrogens is 1. The molecule has 0 bridgehead atoms. The Morgan fingerprint density at radius 3 is 3.04 bits per heavy atom. The van der Waals surface area contributed by atoms with E-state index >= 15 is 0 Å². The van der Waals surface area contributed by atoms with Gasteiger partial charge in [-0.15, -0.1) is 11.3 Å². The number of ether oxygens (including phenoxy) is 1. The van der Waals surface area contributed by atoms with Crippen molar-refractivity contribution in [3.05, 3.63) is 52.0 Å². The first-order valence-electron chi connectivity index (χ1n) is 7.76. The molecule has 2 amide bonds. The first kappa shape index (κ1) is 16.2. The van der Waals surface area contributed by atoms with Gasteiger partial charge in [-0.2, -0.15) is 0 Å². The van der Waals surface area contributed by atoms with Crippen LogP contribution in [0.4, 0.5) is 5.69 Å². The number of carbonyl (C=O) groups excluding carboxylic acids is 3. The molecule has 0 aromatic carbocycles. The highest BCUT2D eigenvalue weighted by molar-refractivity contribution is 7.12. The van der Waals surface area contributed by atoms with Crippen LogP contribution in [0.25, 0.3) is 17.1 Å². The van der Waals surface area contributed by atoms with Gasteiger partial charge in [0.05, 0.1) is 19.2 Å². The number of thiophene rings is 1. The Hall–Kier alpha value is -3.26. The molecule has 0 saturated carbocycles. The fourth-order valence-electron chi connectivity index (χ4n) is 2.94. The van der Waals surface area contributed by atoms with Gasteiger partial charge >= 0.3 is 5.97 Å². The molecule has 0 unspecified atom stereocenters. The zero-order chi connectivity index (χ0) is 18.3. The zero-order valence-electron chi connectivity index (χ0n) is 13.7. The molecule has 130 valence electrons. The van der Waals surface area contributed by atoms with Crippen LogP contribution in [0.5, 0.6) is 0 Å². The second-order valence-corrected chi connectivity index (χ2v) is 6.57. The Morgan fingerprint density at radius 2 is 2.23 bits per heavy atom. The summed E-state index contributed by atoms with van der Waals surface area (Å²) < 4.78 is 4.72. The van der Waals surface area contributed by atoms with Crippen LogP contribution in [0.1, 0.15) is 21.7 Å². The lowest BCUT2D eigenvalue weighted by Crippen LogP contribution is -2.29. The number of hydrogen-bond acceptors (Lipinski definition) is 6. The SMILES string of the molecule is COC(=O)c1sccc1N1C(=O)CC(=Cc2c[nH]c3ncccc23)C1=O. The van der Waals surface area contributed by atoms with E-state index in [2.05, 4.69) is 9.97 Å². The maximum Gasteiger partial charge on any atom is 0.350 e. The molecule has 0 radical (unpaired) electrons. The lowest BCUT2D eigenvalue weighted by atomic mass is 10.1.